The molecule has 0 aliphatic heterocycles. The third-order valence-electron chi connectivity index (χ3n) is 3.96. The molecular formula is C18H21N3. The van der Waals surface area contributed by atoms with E-state index in [1.165, 1.54) is 22.3 Å². The smallest absolute Gasteiger partial charge is 0.163 e. The third kappa shape index (κ3) is 2.33. The van der Waals surface area contributed by atoms with E-state index in [9.17, 15) is 0 Å². The van der Waals surface area contributed by atoms with Crippen LogP contribution in [0.15, 0.2) is 30.5 Å². The van der Waals surface area contributed by atoms with Crippen LogP contribution in [-0.4, -0.2) is 14.6 Å². The second-order valence-electron chi connectivity index (χ2n) is 5.66. The predicted molar refractivity (Wildman–Crippen MR) is 86.6 cm³/mol. The number of rotatable bonds is 3. The van der Waals surface area contributed by atoms with Crippen molar-refractivity contribution >= 4 is 5.65 Å². The average molecular weight is 279 g/mol. The zero-order valence-corrected chi connectivity index (χ0v) is 13.1. The summed E-state index contributed by atoms with van der Waals surface area (Å²) < 4.78 is 1.90. The van der Waals surface area contributed by atoms with Gasteiger partial charge >= 0.3 is 0 Å². The number of fused-ring (bicyclic) bond motifs is 1. The standard InChI is InChI=1S/C18H21N3/c1-5-7-15-10-11-21-18(19-15)17(14(4)20-21)16-12(2)8-6-9-13(16)3/h6,8-11H,5,7H2,1-4H3. The molecule has 0 fully saturated rings. The average Bonchev–Trinajstić information content (AvgIpc) is 2.76. The summed E-state index contributed by atoms with van der Waals surface area (Å²) in [6.07, 6.45) is 4.14. The van der Waals surface area contributed by atoms with Gasteiger partial charge in [-0.15, -0.1) is 0 Å². The minimum absolute atomic E-state index is 0.968. The van der Waals surface area contributed by atoms with Crippen molar-refractivity contribution in [3.05, 3.63) is 53.0 Å². The Morgan fingerprint density at radius 1 is 1.00 bits per heavy atom. The lowest BCUT2D eigenvalue weighted by molar-refractivity contribution is 0.853. The van der Waals surface area contributed by atoms with Crippen LogP contribution in [0.4, 0.5) is 0 Å². The van der Waals surface area contributed by atoms with Crippen molar-refractivity contribution in [3.8, 4) is 11.1 Å². The van der Waals surface area contributed by atoms with Crippen LogP contribution in [0, 0.1) is 20.8 Å². The maximum atomic E-state index is 4.84. The number of hydrogen-bond donors (Lipinski definition) is 0. The number of hydrogen-bond acceptors (Lipinski definition) is 2. The Kier molecular flexibility index (Phi) is 3.50. The summed E-state index contributed by atoms with van der Waals surface area (Å²) in [5, 5.41) is 4.63. The van der Waals surface area contributed by atoms with E-state index in [-0.39, 0.29) is 0 Å². The summed E-state index contributed by atoms with van der Waals surface area (Å²) in [5.41, 5.74) is 8.13. The molecule has 0 aliphatic carbocycles. The number of benzene rings is 1. The summed E-state index contributed by atoms with van der Waals surface area (Å²) >= 11 is 0. The van der Waals surface area contributed by atoms with Crippen molar-refractivity contribution in [1.82, 2.24) is 14.6 Å². The monoisotopic (exact) mass is 279 g/mol. The summed E-state index contributed by atoms with van der Waals surface area (Å²) in [6.45, 7) is 8.55. The van der Waals surface area contributed by atoms with E-state index >= 15 is 0 Å². The molecule has 2 aromatic heterocycles. The molecule has 1 aromatic carbocycles. The molecule has 3 nitrogen and oxygen atoms in total. The predicted octanol–water partition coefficient (Wildman–Crippen LogP) is 4.27. The van der Waals surface area contributed by atoms with Gasteiger partial charge in [-0.3, -0.25) is 0 Å². The molecule has 3 rings (SSSR count). The maximum absolute atomic E-state index is 4.84. The third-order valence-corrected chi connectivity index (χ3v) is 3.96. The molecule has 0 atom stereocenters. The van der Waals surface area contributed by atoms with Crippen molar-refractivity contribution in [1.29, 1.82) is 0 Å². The van der Waals surface area contributed by atoms with Crippen LogP contribution >= 0.6 is 0 Å². The van der Waals surface area contributed by atoms with E-state index < -0.39 is 0 Å². The van der Waals surface area contributed by atoms with Gasteiger partial charge in [0.05, 0.1) is 11.3 Å². The lowest BCUT2D eigenvalue weighted by atomic mass is 9.96. The minimum Gasteiger partial charge on any atom is -0.233 e. The zero-order valence-electron chi connectivity index (χ0n) is 13.1. The van der Waals surface area contributed by atoms with Crippen LogP contribution in [0.2, 0.25) is 0 Å². The molecule has 21 heavy (non-hydrogen) atoms. The molecule has 0 aliphatic rings. The van der Waals surface area contributed by atoms with Gasteiger partial charge in [-0.05, 0) is 49.9 Å². The summed E-state index contributed by atoms with van der Waals surface area (Å²) in [7, 11) is 0. The Morgan fingerprint density at radius 2 is 1.71 bits per heavy atom. The Morgan fingerprint density at radius 3 is 2.38 bits per heavy atom. The highest BCUT2D eigenvalue weighted by Gasteiger charge is 2.16. The molecule has 3 aromatic rings. The van der Waals surface area contributed by atoms with E-state index in [1.54, 1.807) is 0 Å². The molecular weight excluding hydrogens is 258 g/mol. The topological polar surface area (TPSA) is 30.2 Å². The highest BCUT2D eigenvalue weighted by Crippen LogP contribution is 2.32. The Bertz CT molecular complexity index is 779. The van der Waals surface area contributed by atoms with Gasteiger partial charge in [-0.2, -0.15) is 5.10 Å². The van der Waals surface area contributed by atoms with Gasteiger partial charge in [-0.25, -0.2) is 9.50 Å². The number of nitrogens with zero attached hydrogens (tertiary/aromatic N) is 3. The first kappa shape index (κ1) is 13.8. The molecule has 0 radical (unpaired) electrons. The summed E-state index contributed by atoms with van der Waals surface area (Å²) in [6, 6.07) is 8.48. The van der Waals surface area contributed by atoms with Crippen LogP contribution in [0.1, 0.15) is 35.9 Å². The van der Waals surface area contributed by atoms with Crippen molar-refractivity contribution in [2.45, 2.75) is 40.5 Å². The van der Waals surface area contributed by atoms with Crippen molar-refractivity contribution < 1.29 is 0 Å². The van der Waals surface area contributed by atoms with Crippen molar-refractivity contribution in [3.63, 3.8) is 0 Å². The zero-order chi connectivity index (χ0) is 15.0. The Hall–Kier alpha value is -2.16. The van der Waals surface area contributed by atoms with E-state index in [1.807, 2.05) is 10.7 Å². The molecule has 3 heteroatoms. The van der Waals surface area contributed by atoms with Crippen LogP contribution in [0.3, 0.4) is 0 Å². The fourth-order valence-corrected chi connectivity index (χ4v) is 2.97. The quantitative estimate of drug-likeness (QED) is 0.716. The van der Waals surface area contributed by atoms with E-state index in [2.05, 4.69) is 57.1 Å². The summed E-state index contributed by atoms with van der Waals surface area (Å²) in [5.74, 6) is 0. The molecule has 0 saturated carbocycles. The molecule has 2 heterocycles. The molecule has 108 valence electrons. The number of aryl methyl sites for hydroxylation is 4. The van der Waals surface area contributed by atoms with Gasteiger partial charge in [0.2, 0.25) is 0 Å². The van der Waals surface area contributed by atoms with Gasteiger partial charge in [0.25, 0.3) is 0 Å². The van der Waals surface area contributed by atoms with E-state index in [4.69, 9.17) is 4.98 Å². The minimum atomic E-state index is 0.968. The maximum Gasteiger partial charge on any atom is 0.163 e. The molecule has 0 unspecified atom stereocenters. The van der Waals surface area contributed by atoms with Crippen LogP contribution in [0.25, 0.3) is 16.8 Å². The second kappa shape index (κ2) is 5.32. The highest BCUT2D eigenvalue weighted by molar-refractivity contribution is 5.83. The normalized spacial score (nSPS) is 11.2. The molecule has 0 N–H and O–H groups in total. The van der Waals surface area contributed by atoms with Gasteiger partial charge < -0.3 is 0 Å². The van der Waals surface area contributed by atoms with E-state index in [0.29, 0.717) is 0 Å². The van der Waals surface area contributed by atoms with E-state index in [0.717, 1.165) is 29.9 Å². The van der Waals surface area contributed by atoms with Gasteiger partial charge in [-0.1, -0.05) is 31.5 Å². The first-order valence-corrected chi connectivity index (χ1v) is 7.53. The van der Waals surface area contributed by atoms with Gasteiger partial charge in [0, 0.05) is 11.9 Å². The summed E-state index contributed by atoms with van der Waals surface area (Å²) in [4.78, 5) is 4.84. The van der Waals surface area contributed by atoms with Crippen LogP contribution in [0.5, 0.6) is 0 Å². The molecule has 0 saturated heterocycles. The molecule has 0 amide bonds. The SMILES string of the molecule is CCCc1ccn2nc(C)c(-c3c(C)cccc3C)c2n1. The van der Waals surface area contributed by atoms with Crippen LogP contribution in [-0.2, 0) is 6.42 Å². The molecule has 0 spiro atoms. The Balaban J connectivity index is 2.31. The van der Waals surface area contributed by atoms with Crippen LogP contribution < -0.4 is 0 Å². The van der Waals surface area contributed by atoms with Gasteiger partial charge in [0.15, 0.2) is 5.65 Å². The largest absolute Gasteiger partial charge is 0.233 e. The number of aromatic nitrogens is 3. The first-order valence-electron chi connectivity index (χ1n) is 7.53. The lowest BCUT2D eigenvalue weighted by Crippen LogP contribution is -1.96. The molecule has 0 bridgehead atoms. The fourth-order valence-electron chi connectivity index (χ4n) is 2.97. The highest BCUT2D eigenvalue weighted by atomic mass is 15.2. The lowest BCUT2D eigenvalue weighted by Gasteiger charge is -2.09. The Labute approximate surface area is 125 Å². The van der Waals surface area contributed by atoms with Crippen molar-refractivity contribution in [2.24, 2.45) is 0 Å². The second-order valence-corrected chi connectivity index (χ2v) is 5.66. The first-order chi connectivity index (χ1) is 10.1. The van der Waals surface area contributed by atoms with Crippen molar-refractivity contribution in [2.75, 3.05) is 0 Å². The van der Waals surface area contributed by atoms with Gasteiger partial charge in [0.1, 0.15) is 0 Å². The fraction of sp³-hybridized carbons (Fsp3) is 0.333.